The third-order valence-electron chi connectivity index (χ3n) is 7.64. The molecule has 12 heteroatoms. The van der Waals surface area contributed by atoms with E-state index in [0.29, 0.717) is 46.0 Å². The molecule has 0 radical (unpaired) electrons. The van der Waals surface area contributed by atoms with Gasteiger partial charge in [-0.2, -0.15) is 0 Å². The van der Waals surface area contributed by atoms with Crippen molar-refractivity contribution >= 4 is 42.5 Å². The second-order valence-electron chi connectivity index (χ2n) is 9.88. The van der Waals surface area contributed by atoms with E-state index in [1.165, 1.54) is 13.5 Å². The van der Waals surface area contributed by atoms with Gasteiger partial charge < -0.3 is 0 Å². The summed E-state index contributed by atoms with van der Waals surface area (Å²) in [5.41, 5.74) is 1.91. The van der Waals surface area contributed by atoms with E-state index in [9.17, 15) is 18.0 Å². The molecule has 0 unspecified atom stereocenters. The number of anilines is 2. The molecule has 212 valence electrons. The number of amides is 1. The van der Waals surface area contributed by atoms with Crippen LogP contribution in [0.15, 0.2) is 36.7 Å². The summed E-state index contributed by atoms with van der Waals surface area (Å²) in [5.74, 6) is 6.74. The Bertz CT molecular complexity index is 1460. The van der Waals surface area contributed by atoms with Crippen molar-refractivity contribution in [1.82, 2.24) is 19.6 Å². The number of rotatable bonds is 7. The quantitative estimate of drug-likeness (QED) is 0.279. The number of nitrogens with zero attached hydrogens (tertiary/aromatic N) is 3. The third kappa shape index (κ3) is 5.87. The maximum atomic E-state index is 13.6. The Labute approximate surface area is 237 Å². The van der Waals surface area contributed by atoms with Crippen LogP contribution in [-0.4, -0.2) is 86.1 Å². The first-order valence-electron chi connectivity index (χ1n) is 13.1. The standard InChI is InChI=1S/C28H31F3N6O2Se/c1-32-26(38)17-6-11-24(39-3)21(15-17)33-12-4-5-18-16-23-25(34-13-14-37(23)27(18)40-28(29,30)31)35-20-9-7-19-8-10-22(20)36(19)2/h6,11,13-16,19-20,22,33H,7-10,12H2,1-3H3,(H,32,38)(H,34,35)/t19-,20-,22-/m1/s1. The molecule has 1 aromatic carbocycles. The molecule has 8 nitrogen and oxygen atoms in total. The molecule has 4 heterocycles. The molecule has 2 aromatic heterocycles. The summed E-state index contributed by atoms with van der Waals surface area (Å²) in [5, 5.41) is 4.89. The number of benzene rings is 1. The van der Waals surface area contributed by atoms with Gasteiger partial charge in [0.2, 0.25) is 0 Å². The predicted molar refractivity (Wildman–Crippen MR) is 150 cm³/mol. The van der Waals surface area contributed by atoms with E-state index in [2.05, 4.69) is 44.7 Å². The van der Waals surface area contributed by atoms with Crippen molar-refractivity contribution in [3.63, 3.8) is 0 Å². The minimum atomic E-state index is -4.34. The molecule has 2 aliphatic heterocycles. The zero-order valence-electron chi connectivity index (χ0n) is 22.4. The van der Waals surface area contributed by atoms with E-state index in [0.717, 1.165) is 19.3 Å². The van der Waals surface area contributed by atoms with Gasteiger partial charge in [-0.05, 0) is 0 Å². The van der Waals surface area contributed by atoms with Gasteiger partial charge >= 0.3 is 237 Å². The zero-order valence-corrected chi connectivity index (χ0v) is 24.1. The van der Waals surface area contributed by atoms with E-state index in [1.807, 2.05) is 0 Å². The fourth-order valence-corrected chi connectivity index (χ4v) is 7.15. The Balaban J connectivity index is 1.41. The minimum absolute atomic E-state index is 0.133. The number of carbonyl (C=O) groups is 1. The molecular weight excluding hydrogens is 588 g/mol. The summed E-state index contributed by atoms with van der Waals surface area (Å²) in [6, 6.07) is 7.84. The Morgan fingerprint density at radius 1 is 1.23 bits per heavy atom. The first-order chi connectivity index (χ1) is 19.2. The predicted octanol–water partition coefficient (Wildman–Crippen LogP) is 3.05. The number of fused-ring (bicyclic) bond motifs is 3. The Morgan fingerprint density at radius 3 is 2.77 bits per heavy atom. The SMILES string of the molecule is CNC(=O)c1ccc(OC)c(NCC#Cc2cc3c(N[C@@H]4CC[C@@H]5CC[C@H]4N5C)nccn3c2[Se]C(F)(F)F)c1. The second-order valence-corrected chi connectivity index (χ2v) is 12.1. The number of methoxy groups -OCH3 is 1. The number of ether oxygens (including phenoxy) is 1. The van der Waals surface area contributed by atoms with E-state index in [1.54, 1.807) is 48.1 Å². The number of piperidine rings is 1. The van der Waals surface area contributed by atoms with Crippen LogP contribution in [0.3, 0.4) is 0 Å². The molecule has 1 amide bonds. The van der Waals surface area contributed by atoms with Crippen LogP contribution in [0.1, 0.15) is 41.6 Å². The van der Waals surface area contributed by atoms with Crippen LogP contribution in [0.2, 0.25) is 0 Å². The van der Waals surface area contributed by atoms with E-state index in [-0.39, 0.29) is 23.1 Å². The first kappa shape index (κ1) is 28.1. The maximum absolute atomic E-state index is 13.6. The van der Waals surface area contributed by atoms with Crippen molar-refractivity contribution < 1.29 is 22.7 Å². The number of alkyl halides is 3. The molecule has 0 aliphatic carbocycles. The van der Waals surface area contributed by atoms with Crippen molar-refractivity contribution in [2.45, 2.75) is 48.9 Å². The van der Waals surface area contributed by atoms with Crippen molar-refractivity contribution in [3.05, 3.63) is 47.8 Å². The Morgan fingerprint density at radius 2 is 2.02 bits per heavy atom. The number of likely N-dealkylation sites (N-methyl/N-ethyl adjacent to an activating group) is 1. The molecule has 3 atom stereocenters. The first-order valence-corrected chi connectivity index (χ1v) is 14.8. The molecule has 2 fully saturated rings. The van der Waals surface area contributed by atoms with Crippen molar-refractivity contribution in [2.75, 3.05) is 38.4 Å². The van der Waals surface area contributed by atoms with Crippen molar-refractivity contribution in [3.8, 4) is 17.6 Å². The monoisotopic (exact) mass is 620 g/mol. The molecule has 0 saturated carbocycles. The van der Waals surface area contributed by atoms with Gasteiger partial charge in [0.15, 0.2) is 0 Å². The molecule has 2 bridgehead atoms. The Hall–Kier alpha value is -3.39. The van der Waals surface area contributed by atoms with Crippen molar-refractivity contribution in [2.24, 2.45) is 0 Å². The molecule has 2 saturated heterocycles. The van der Waals surface area contributed by atoms with Gasteiger partial charge in [0.1, 0.15) is 0 Å². The van der Waals surface area contributed by atoms with Crippen molar-refractivity contribution in [1.29, 1.82) is 0 Å². The molecule has 3 N–H and O–H groups in total. The van der Waals surface area contributed by atoms with Crippen LogP contribution >= 0.6 is 0 Å². The van der Waals surface area contributed by atoms with Crippen LogP contribution < -0.4 is 25.3 Å². The summed E-state index contributed by atoms with van der Waals surface area (Å²) < 4.78 is 48.0. The molecular formula is C28H31F3N6O2Se. The summed E-state index contributed by atoms with van der Waals surface area (Å²) >= 11 is -1.80. The van der Waals surface area contributed by atoms with Crippen LogP contribution in [0.25, 0.3) is 5.52 Å². The molecule has 3 aromatic rings. The van der Waals surface area contributed by atoms with E-state index in [4.69, 9.17) is 4.74 Å². The van der Waals surface area contributed by atoms with Gasteiger partial charge in [0.25, 0.3) is 0 Å². The zero-order chi connectivity index (χ0) is 28.4. The van der Waals surface area contributed by atoms with Crippen LogP contribution in [0, 0.1) is 11.8 Å². The van der Waals surface area contributed by atoms with E-state index >= 15 is 0 Å². The number of halogens is 3. The summed E-state index contributed by atoms with van der Waals surface area (Å²) in [6.45, 7) is 0.138. The number of hydrogen-bond acceptors (Lipinski definition) is 6. The molecule has 5 rings (SSSR count). The summed E-state index contributed by atoms with van der Waals surface area (Å²) in [7, 11) is 5.21. The van der Waals surface area contributed by atoms with Gasteiger partial charge in [-0.1, -0.05) is 0 Å². The second kappa shape index (κ2) is 11.6. The fourth-order valence-electron chi connectivity index (χ4n) is 5.69. The summed E-state index contributed by atoms with van der Waals surface area (Å²) in [4.78, 5) is 18.9. The van der Waals surface area contributed by atoms with Crippen LogP contribution in [0.4, 0.5) is 24.7 Å². The number of aromatic nitrogens is 2. The fraction of sp³-hybridized carbons (Fsp3) is 0.429. The van der Waals surface area contributed by atoms with Gasteiger partial charge in [-0.15, -0.1) is 0 Å². The normalized spacial score (nSPS) is 20.6. The van der Waals surface area contributed by atoms with Crippen LogP contribution in [-0.2, 0) is 0 Å². The average molecular weight is 620 g/mol. The average Bonchev–Trinajstić information content (AvgIpc) is 3.38. The number of hydrogen-bond donors (Lipinski definition) is 3. The van der Waals surface area contributed by atoms with Gasteiger partial charge in [-0.25, -0.2) is 0 Å². The molecule has 40 heavy (non-hydrogen) atoms. The van der Waals surface area contributed by atoms with E-state index < -0.39 is 20.0 Å². The Kier molecular flexibility index (Phi) is 8.17. The molecule has 0 spiro atoms. The summed E-state index contributed by atoms with van der Waals surface area (Å²) in [6.07, 6.45) is 7.49. The molecule has 2 aliphatic rings. The number of carbonyl (C=O) groups excluding carboxylic acids is 1. The van der Waals surface area contributed by atoms with Crippen LogP contribution in [0.5, 0.6) is 5.75 Å². The number of nitrogens with one attached hydrogen (secondary N) is 3. The third-order valence-corrected chi connectivity index (χ3v) is 9.40. The van der Waals surface area contributed by atoms with Gasteiger partial charge in [-0.3, -0.25) is 0 Å². The van der Waals surface area contributed by atoms with Gasteiger partial charge in [0, 0.05) is 0 Å². The topological polar surface area (TPSA) is 82.9 Å². The van der Waals surface area contributed by atoms with Gasteiger partial charge in [0.05, 0.1) is 0 Å².